The first kappa shape index (κ1) is 14.3. The molecule has 1 aromatic carbocycles. The van der Waals surface area contributed by atoms with Crippen molar-refractivity contribution in [1.29, 1.82) is 0 Å². The zero-order chi connectivity index (χ0) is 14.9. The van der Waals surface area contributed by atoms with Crippen LogP contribution < -0.4 is 5.43 Å². The largest absolute Gasteiger partial charge is 0.477 e. The Bertz CT molecular complexity index is 734. The van der Waals surface area contributed by atoms with Crippen molar-refractivity contribution in [2.24, 2.45) is 0 Å². The number of aryl methyl sites for hydroxylation is 1. The number of carboxylic acids is 1. The Balaban J connectivity index is 2.81. The molecule has 0 bridgehead atoms. The van der Waals surface area contributed by atoms with Gasteiger partial charge >= 0.3 is 5.97 Å². The third-order valence-electron chi connectivity index (χ3n) is 3.24. The number of hydrogen-bond acceptors (Lipinski definition) is 2. The molecule has 0 aliphatic carbocycles. The van der Waals surface area contributed by atoms with E-state index in [0.717, 1.165) is 0 Å². The highest BCUT2D eigenvalue weighted by Crippen LogP contribution is 2.21. The van der Waals surface area contributed by atoms with Crippen LogP contribution in [0.5, 0.6) is 0 Å². The van der Waals surface area contributed by atoms with Crippen molar-refractivity contribution < 1.29 is 9.90 Å². The van der Waals surface area contributed by atoms with Gasteiger partial charge in [0.05, 0.1) is 0 Å². The second-order valence-corrected chi connectivity index (χ2v) is 4.87. The van der Waals surface area contributed by atoms with Crippen LogP contribution in [0.15, 0.2) is 35.3 Å². The van der Waals surface area contributed by atoms with E-state index in [2.05, 4.69) is 0 Å². The lowest BCUT2D eigenvalue weighted by molar-refractivity contribution is 0.0693. The van der Waals surface area contributed by atoms with E-state index >= 15 is 0 Å². The van der Waals surface area contributed by atoms with Crippen LogP contribution in [0.4, 0.5) is 0 Å². The highest BCUT2D eigenvalue weighted by Gasteiger charge is 2.18. The molecule has 0 amide bonds. The van der Waals surface area contributed by atoms with Gasteiger partial charge in [-0.2, -0.15) is 0 Å². The highest BCUT2D eigenvalue weighted by atomic mass is 35.5. The molecule has 2 aromatic rings. The lowest BCUT2D eigenvalue weighted by atomic mass is 10.0. The minimum absolute atomic E-state index is 0.190. The van der Waals surface area contributed by atoms with E-state index in [9.17, 15) is 14.7 Å². The van der Waals surface area contributed by atoms with Crippen molar-refractivity contribution in [3.8, 4) is 11.1 Å². The zero-order valence-corrected chi connectivity index (χ0v) is 11.9. The number of halogens is 1. The molecule has 0 aliphatic heterocycles. The summed E-state index contributed by atoms with van der Waals surface area (Å²) in [6.07, 6.45) is 1.68. The van der Waals surface area contributed by atoms with Crippen LogP contribution in [-0.2, 0) is 6.54 Å². The van der Waals surface area contributed by atoms with Crippen LogP contribution in [0.2, 0.25) is 5.02 Å². The molecule has 0 aliphatic rings. The van der Waals surface area contributed by atoms with Gasteiger partial charge in [0.15, 0.2) is 0 Å². The first-order chi connectivity index (χ1) is 9.45. The molecule has 0 fully saturated rings. The van der Waals surface area contributed by atoms with Gasteiger partial charge in [0.2, 0.25) is 5.43 Å². The van der Waals surface area contributed by atoms with Crippen molar-refractivity contribution in [2.45, 2.75) is 20.4 Å². The number of rotatable bonds is 3. The van der Waals surface area contributed by atoms with Crippen LogP contribution in [0, 0.1) is 6.92 Å². The summed E-state index contributed by atoms with van der Waals surface area (Å²) in [5.74, 6) is -1.21. The second-order valence-electron chi connectivity index (χ2n) is 4.43. The molecule has 1 aromatic heterocycles. The zero-order valence-electron chi connectivity index (χ0n) is 11.2. The third-order valence-corrected chi connectivity index (χ3v) is 3.47. The molecule has 0 saturated heterocycles. The molecule has 0 unspecified atom stereocenters. The summed E-state index contributed by atoms with van der Waals surface area (Å²) in [5, 5.41) is 9.76. The topological polar surface area (TPSA) is 59.3 Å². The average Bonchev–Trinajstić information content (AvgIpc) is 2.38. The number of nitrogens with zero attached hydrogens (tertiary/aromatic N) is 1. The summed E-state index contributed by atoms with van der Waals surface area (Å²) in [5.41, 5.74) is 0.742. The predicted molar refractivity (Wildman–Crippen MR) is 78.5 cm³/mol. The van der Waals surface area contributed by atoms with Gasteiger partial charge in [-0.15, -0.1) is 0 Å². The van der Waals surface area contributed by atoms with Gasteiger partial charge in [-0.05, 0) is 31.5 Å². The maximum absolute atomic E-state index is 12.4. The van der Waals surface area contributed by atoms with Gasteiger partial charge < -0.3 is 9.67 Å². The normalized spacial score (nSPS) is 10.6. The lowest BCUT2D eigenvalue weighted by Gasteiger charge is -2.13. The van der Waals surface area contributed by atoms with E-state index in [-0.39, 0.29) is 5.56 Å². The Labute approximate surface area is 121 Å². The maximum Gasteiger partial charge on any atom is 0.341 e. The van der Waals surface area contributed by atoms with Crippen LogP contribution in [0.3, 0.4) is 0 Å². The van der Waals surface area contributed by atoms with Crippen LogP contribution >= 0.6 is 11.6 Å². The molecule has 0 atom stereocenters. The van der Waals surface area contributed by atoms with E-state index in [4.69, 9.17) is 11.6 Å². The third kappa shape index (κ3) is 2.47. The molecular weight excluding hydrogens is 278 g/mol. The van der Waals surface area contributed by atoms with Gasteiger partial charge in [-0.25, -0.2) is 4.79 Å². The summed E-state index contributed by atoms with van der Waals surface area (Å²) in [6, 6.07) is 6.83. The quantitative estimate of drug-likeness (QED) is 0.945. The van der Waals surface area contributed by atoms with E-state index in [0.29, 0.717) is 28.4 Å². The molecule has 2 rings (SSSR count). The summed E-state index contributed by atoms with van der Waals surface area (Å²) < 4.78 is 1.75. The highest BCUT2D eigenvalue weighted by molar-refractivity contribution is 6.30. The Hall–Kier alpha value is -2.07. The second kappa shape index (κ2) is 5.51. The molecule has 20 heavy (non-hydrogen) atoms. The van der Waals surface area contributed by atoms with E-state index in [1.54, 1.807) is 42.0 Å². The average molecular weight is 292 g/mol. The molecule has 0 spiro atoms. The number of hydrogen-bond donors (Lipinski definition) is 1. The Morgan fingerprint density at radius 1 is 1.40 bits per heavy atom. The number of benzene rings is 1. The minimum atomic E-state index is -1.21. The SMILES string of the molecule is CCn1cc(-c2cccc(Cl)c2)c(=O)c(C(=O)O)c1C. The van der Waals surface area contributed by atoms with Crippen molar-refractivity contribution in [1.82, 2.24) is 4.57 Å². The molecule has 4 nitrogen and oxygen atoms in total. The van der Waals surface area contributed by atoms with Crippen molar-refractivity contribution in [2.75, 3.05) is 0 Å². The van der Waals surface area contributed by atoms with E-state index in [1.807, 2.05) is 6.92 Å². The standard InChI is InChI=1S/C15H14ClNO3/c1-3-17-8-12(10-5-4-6-11(16)7-10)14(18)13(9(17)2)15(19)20/h4-8H,3H2,1-2H3,(H,19,20). The Morgan fingerprint density at radius 3 is 2.65 bits per heavy atom. The van der Waals surface area contributed by atoms with E-state index in [1.165, 1.54) is 0 Å². The Morgan fingerprint density at radius 2 is 2.10 bits per heavy atom. The van der Waals surface area contributed by atoms with E-state index < -0.39 is 11.4 Å². The predicted octanol–water partition coefficient (Wildman–Crippen LogP) is 3.20. The lowest BCUT2D eigenvalue weighted by Crippen LogP contribution is -2.23. The van der Waals surface area contributed by atoms with Crippen molar-refractivity contribution in [3.63, 3.8) is 0 Å². The first-order valence-electron chi connectivity index (χ1n) is 6.19. The summed E-state index contributed by atoms with van der Waals surface area (Å²) in [6.45, 7) is 4.11. The summed E-state index contributed by atoms with van der Waals surface area (Å²) in [4.78, 5) is 23.7. The molecular formula is C15H14ClNO3. The fraction of sp³-hybridized carbons (Fsp3) is 0.200. The first-order valence-corrected chi connectivity index (χ1v) is 6.56. The van der Waals surface area contributed by atoms with Crippen molar-refractivity contribution in [3.05, 3.63) is 57.0 Å². The number of carboxylic acid groups (broad SMARTS) is 1. The number of carbonyl (C=O) groups is 1. The fourth-order valence-electron chi connectivity index (χ4n) is 2.20. The molecule has 5 heteroatoms. The maximum atomic E-state index is 12.4. The number of pyridine rings is 1. The number of aromatic nitrogens is 1. The molecule has 0 saturated carbocycles. The minimum Gasteiger partial charge on any atom is -0.477 e. The van der Waals surface area contributed by atoms with Crippen LogP contribution in [-0.4, -0.2) is 15.6 Å². The van der Waals surface area contributed by atoms with Gasteiger partial charge in [0, 0.05) is 29.0 Å². The molecule has 104 valence electrons. The van der Waals surface area contributed by atoms with Gasteiger partial charge in [0.1, 0.15) is 5.56 Å². The monoisotopic (exact) mass is 291 g/mol. The van der Waals surface area contributed by atoms with Crippen LogP contribution in [0.1, 0.15) is 23.0 Å². The Kier molecular flexibility index (Phi) is 3.95. The smallest absolute Gasteiger partial charge is 0.341 e. The van der Waals surface area contributed by atoms with Crippen LogP contribution in [0.25, 0.3) is 11.1 Å². The fourth-order valence-corrected chi connectivity index (χ4v) is 2.39. The summed E-state index contributed by atoms with van der Waals surface area (Å²) >= 11 is 5.93. The molecule has 1 heterocycles. The van der Waals surface area contributed by atoms with Gasteiger partial charge in [-0.1, -0.05) is 23.7 Å². The number of aromatic carboxylic acids is 1. The van der Waals surface area contributed by atoms with Gasteiger partial charge in [0.25, 0.3) is 0 Å². The molecule has 0 radical (unpaired) electrons. The van der Waals surface area contributed by atoms with Gasteiger partial charge in [-0.3, -0.25) is 4.79 Å². The summed E-state index contributed by atoms with van der Waals surface area (Å²) in [7, 11) is 0. The molecule has 1 N–H and O–H groups in total. The van der Waals surface area contributed by atoms with Crippen molar-refractivity contribution >= 4 is 17.6 Å².